The fraction of sp³-hybridized carbons (Fsp3) is 0.529. The molecule has 3 rings (SSSR count). The van der Waals surface area contributed by atoms with Gasteiger partial charge < -0.3 is 9.88 Å². The third-order valence-electron chi connectivity index (χ3n) is 4.64. The van der Waals surface area contributed by atoms with Crippen molar-refractivity contribution < 1.29 is 13.2 Å². The lowest BCUT2D eigenvalue weighted by Gasteiger charge is -2.32. The Hall–Kier alpha value is -2.09. The van der Waals surface area contributed by atoms with E-state index in [1.165, 1.54) is 6.26 Å². The van der Waals surface area contributed by atoms with Crippen LogP contribution in [0.15, 0.2) is 29.1 Å². The zero-order chi connectivity index (χ0) is 18.0. The van der Waals surface area contributed by atoms with E-state index in [2.05, 4.69) is 4.98 Å². The summed E-state index contributed by atoms with van der Waals surface area (Å²) < 4.78 is 24.5. The van der Waals surface area contributed by atoms with Crippen molar-refractivity contribution in [1.29, 1.82) is 0 Å². The van der Waals surface area contributed by atoms with Crippen molar-refractivity contribution in [2.45, 2.75) is 25.8 Å². The summed E-state index contributed by atoms with van der Waals surface area (Å²) in [6.45, 7) is 1.45. The number of carbonyl (C=O) groups is 1. The highest BCUT2D eigenvalue weighted by Crippen LogP contribution is 2.19. The van der Waals surface area contributed by atoms with Crippen molar-refractivity contribution in [3.63, 3.8) is 0 Å². The van der Waals surface area contributed by atoms with Crippen LogP contribution in [-0.2, 0) is 21.2 Å². The monoisotopic (exact) mass is 365 g/mol. The molecule has 0 aliphatic carbocycles. The molecule has 0 saturated carbocycles. The van der Waals surface area contributed by atoms with E-state index >= 15 is 0 Å². The Morgan fingerprint density at radius 2 is 2.08 bits per heavy atom. The van der Waals surface area contributed by atoms with Crippen LogP contribution in [-0.4, -0.2) is 53.9 Å². The van der Waals surface area contributed by atoms with Gasteiger partial charge in [-0.3, -0.25) is 9.36 Å². The van der Waals surface area contributed by atoms with E-state index in [0.717, 1.165) is 23.9 Å². The first-order chi connectivity index (χ1) is 11.8. The molecule has 1 saturated heterocycles. The maximum absolute atomic E-state index is 12.5. The second kappa shape index (κ2) is 7.03. The minimum Gasteiger partial charge on any atom is -0.342 e. The molecule has 0 unspecified atom stereocenters. The molecule has 0 spiro atoms. The maximum Gasteiger partial charge on any atom is 0.326 e. The van der Waals surface area contributed by atoms with Gasteiger partial charge >= 0.3 is 5.69 Å². The summed E-state index contributed by atoms with van der Waals surface area (Å²) in [7, 11) is -3.04. The molecule has 8 heteroatoms. The van der Waals surface area contributed by atoms with E-state index in [1.807, 2.05) is 24.3 Å². The van der Waals surface area contributed by atoms with E-state index in [0.29, 0.717) is 19.6 Å². The quantitative estimate of drug-likeness (QED) is 0.856. The molecule has 2 aromatic rings. The number of likely N-dealkylation sites (tertiary alicyclic amines) is 1. The highest BCUT2D eigenvalue weighted by atomic mass is 32.2. The highest BCUT2D eigenvalue weighted by molar-refractivity contribution is 7.90. The minimum atomic E-state index is -3.04. The van der Waals surface area contributed by atoms with Crippen LogP contribution >= 0.6 is 0 Å². The normalized spacial score (nSPS) is 18.6. The SMILES string of the molecule is CS(=O)(=O)C[C@@H]1CCCN(C(=O)CCn2c(=O)[nH]c3ccccc32)C1. The lowest BCUT2D eigenvalue weighted by molar-refractivity contribution is -0.133. The number of sulfone groups is 1. The molecule has 25 heavy (non-hydrogen) atoms. The molecule has 1 atom stereocenters. The smallest absolute Gasteiger partial charge is 0.326 e. The van der Waals surface area contributed by atoms with Crippen molar-refractivity contribution in [2.75, 3.05) is 25.1 Å². The number of rotatable bonds is 5. The van der Waals surface area contributed by atoms with E-state index < -0.39 is 9.84 Å². The summed E-state index contributed by atoms with van der Waals surface area (Å²) in [5.74, 6) is 0.0949. The van der Waals surface area contributed by atoms with Gasteiger partial charge in [-0.05, 0) is 30.9 Å². The number of aromatic nitrogens is 2. The fourth-order valence-corrected chi connectivity index (χ4v) is 4.68. The number of benzene rings is 1. The van der Waals surface area contributed by atoms with Crippen LogP contribution in [0.2, 0.25) is 0 Å². The van der Waals surface area contributed by atoms with E-state index in [9.17, 15) is 18.0 Å². The average molecular weight is 365 g/mol. The van der Waals surface area contributed by atoms with Crippen LogP contribution in [0.4, 0.5) is 0 Å². The van der Waals surface area contributed by atoms with E-state index in [1.54, 1.807) is 9.47 Å². The Morgan fingerprint density at radius 3 is 2.84 bits per heavy atom. The number of H-pyrrole nitrogens is 1. The van der Waals surface area contributed by atoms with Crippen molar-refractivity contribution in [1.82, 2.24) is 14.5 Å². The first kappa shape index (κ1) is 17.7. The molecule has 1 aliphatic heterocycles. The standard InChI is InChI=1S/C17H23N3O4S/c1-25(23,24)12-13-5-4-9-19(11-13)16(21)8-10-20-15-7-3-2-6-14(15)18-17(20)22/h2-3,6-7,13H,4-5,8-12H2,1H3,(H,18,22)/t13-/m1/s1. The van der Waals surface area contributed by atoms with Gasteiger partial charge in [0, 0.05) is 32.3 Å². The molecule has 1 aromatic carbocycles. The van der Waals surface area contributed by atoms with Gasteiger partial charge in [0.2, 0.25) is 5.91 Å². The van der Waals surface area contributed by atoms with E-state index in [4.69, 9.17) is 0 Å². The van der Waals surface area contributed by atoms with Crippen LogP contribution in [0, 0.1) is 5.92 Å². The molecular weight excluding hydrogens is 342 g/mol. The first-order valence-corrected chi connectivity index (χ1v) is 10.5. The lowest BCUT2D eigenvalue weighted by Crippen LogP contribution is -2.42. The van der Waals surface area contributed by atoms with Crippen molar-refractivity contribution in [3.05, 3.63) is 34.7 Å². The van der Waals surface area contributed by atoms with Crippen LogP contribution < -0.4 is 5.69 Å². The van der Waals surface area contributed by atoms with Gasteiger partial charge in [0.15, 0.2) is 0 Å². The number of carbonyl (C=O) groups excluding carboxylic acids is 1. The number of aromatic amines is 1. The number of piperidine rings is 1. The highest BCUT2D eigenvalue weighted by Gasteiger charge is 2.26. The number of amides is 1. The number of nitrogens with one attached hydrogen (secondary N) is 1. The molecule has 0 radical (unpaired) electrons. The van der Waals surface area contributed by atoms with Crippen LogP contribution in [0.3, 0.4) is 0 Å². The van der Waals surface area contributed by atoms with Gasteiger partial charge in [-0.15, -0.1) is 0 Å². The zero-order valence-corrected chi connectivity index (χ0v) is 15.1. The Kier molecular flexibility index (Phi) is 4.99. The third-order valence-corrected chi connectivity index (χ3v) is 5.72. The molecule has 1 fully saturated rings. The fourth-order valence-electron chi connectivity index (χ4n) is 3.55. The molecule has 136 valence electrons. The number of fused-ring (bicyclic) bond motifs is 1. The molecule has 1 aromatic heterocycles. The Bertz CT molecular complexity index is 929. The second-order valence-electron chi connectivity index (χ2n) is 6.79. The van der Waals surface area contributed by atoms with Crippen LogP contribution in [0.5, 0.6) is 0 Å². The predicted octanol–water partition coefficient (Wildman–Crippen LogP) is 1.00. The number of nitrogens with zero attached hydrogens (tertiary/aromatic N) is 2. The van der Waals surface area contributed by atoms with Crippen molar-refractivity contribution in [3.8, 4) is 0 Å². The first-order valence-electron chi connectivity index (χ1n) is 8.46. The molecule has 0 bridgehead atoms. The van der Waals surface area contributed by atoms with Gasteiger partial charge in [-0.2, -0.15) is 0 Å². The summed E-state index contributed by atoms with van der Waals surface area (Å²) in [5.41, 5.74) is 1.32. The minimum absolute atomic E-state index is 0.00325. The third kappa shape index (κ3) is 4.31. The van der Waals surface area contributed by atoms with Crippen LogP contribution in [0.1, 0.15) is 19.3 Å². The van der Waals surface area contributed by atoms with E-state index in [-0.39, 0.29) is 29.7 Å². The maximum atomic E-state index is 12.5. The molecule has 1 N–H and O–H groups in total. The molecular formula is C17H23N3O4S. The lowest BCUT2D eigenvalue weighted by atomic mass is 10.00. The predicted molar refractivity (Wildman–Crippen MR) is 96.2 cm³/mol. The van der Waals surface area contributed by atoms with Crippen molar-refractivity contribution >= 4 is 26.8 Å². The van der Waals surface area contributed by atoms with Gasteiger partial charge in [0.1, 0.15) is 9.84 Å². The molecule has 1 aliphatic rings. The topological polar surface area (TPSA) is 92.2 Å². The number of hydrogen-bond acceptors (Lipinski definition) is 4. The summed E-state index contributed by atoms with van der Waals surface area (Å²) in [4.78, 5) is 29.1. The zero-order valence-electron chi connectivity index (χ0n) is 14.3. The van der Waals surface area contributed by atoms with Gasteiger partial charge in [0.25, 0.3) is 0 Å². The summed E-state index contributed by atoms with van der Waals surface area (Å²) >= 11 is 0. The Morgan fingerprint density at radius 1 is 1.32 bits per heavy atom. The number of imidazole rings is 1. The number of hydrogen-bond donors (Lipinski definition) is 1. The largest absolute Gasteiger partial charge is 0.342 e. The summed E-state index contributed by atoms with van der Waals surface area (Å²) in [6.07, 6.45) is 3.11. The molecule has 2 heterocycles. The van der Waals surface area contributed by atoms with Gasteiger partial charge in [-0.25, -0.2) is 13.2 Å². The number of para-hydroxylation sites is 2. The van der Waals surface area contributed by atoms with Gasteiger partial charge in [0.05, 0.1) is 16.8 Å². The Balaban J connectivity index is 1.64. The second-order valence-corrected chi connectivity index (χ2v) is 8.97. The summed E-state index contributed by atoms with van der Waals surface area (Å²) in [5, 5.41) is 0. The average Bonchev–Trinajstić information content (AvgIpc) is 2.86. The molecule has 7 nitrogen and oxygen atoms in total. The Labute approximate surface area is 146 Å². The molecule has 1 amide bonds. The number of aryl methyl sites for hydroxylation is 1. The van der Waals surface area contributed by atoms with Crippen LogP contribution in [0.25, 0.3) is 11.0 Å². The summed E-state index contributed by atoms with van der Waals surface area (Å²) in [6, 6.07) is 7.38. The van der Waals surface area contributed by atoms with Crippen molar-refractivity contribution in [2.24, 2.45) is 5.92 Å². The van der Waals surface area contributed by atoms with Gasteiger partial charge in [-0.1, -0.05) is 12.1 Å².